The fourth-order valence-electron chi connectivity index (χ4n) is 7.08. The number of aromatic nitrogens is 1. The van der Waals surface area contributed by atoms with E-state index in [-0.39, 0.29) is 6.04 Å². The summed E-state index contributed by atoms with van der Waals surface area (Å²) in [5.74, 6) is 0.928. The van der Waals surface area contributed by atoms with Crippen LogP contribution in [0.1, 0.15) is 17.2 Å². The molecule has 3 nitrogen and oxygen atoms in total. The lowest BCUT2D eigenvalue weighted by Crippen LogP contribution is -2.38. The summed E-state index contributed by atoms with van der Waals surface area (Å²) in [5.41, 5.74) is 5.83. The molecular formula is C39H27N3. The Morgan fingerprint density at radius 3 is 1.76 bits per heavy atom. The highest BCUT2D eigenvalue weighted by atomic mass is 15.3. The molecule has 1 aliphatic rings. The lowest BCUT2D eigenvalue weighted by molar-refractivity contribution is 0.410. The van der Waals surface area contributed by atoms with Gasteiger partial charge in [-0.3, -0.25) is 4.57 Å². The second kappa shape index (κ2) is 8.79. The van der Waals surface area contributed by atoms with Crippen LogP contribution in [-0.2, 0) is 0 Å². The molecule has 1 atom stereocenters. The zero-order chi connectivity index (χ0) is 27.8. The van der Waals surface area contributed by atoms with Gasteiger partial charge in [-0.05, 0) is 62.1 Å². The van der Waals surface area contributed by atoms with E-state index in [0.717, 1.165) is 11.6 Å². The molecule has 3 heteroatoms. The van der Waals surface area contributed by atoms with Crippen LogP contribution in [-0.4, -0.2) is 22.5 Å². The van der Waals surface area contributed by atoms with Crippen molar-refractivity contribution in [1.82, 2.24) is 9.47 Å². The number of fused-ring (bicyclic) bond motifs is 9. The summed E-state index contributed by atoms with van der Waals surface area (Å²) in [4.78, 5) is 7.73. The van der Waals surface area contributed by atoms with Crippen LogP contribution in [0.15, 0.2) is 145 Å². The third kappa shape index (κ3) is 3.25. The van der Waals surface area contributed by atoms with Crippen molar-refractivity contribution >= 4 is 65.8 Å². The number of rotatable bonds is 1. The average Bonchev–Trinajstić information content (AvgIpc) is 3.39. The summed E-state index contributed by atoms with van der Waals surface area (Å²) >= 11 is 0. The quantitative estimate of drug-likeness (QED) is 0.204. The topological polar surface area (TPSA) is 20.5 Å². The Morgan fingerprint density at radius 1 is 0.524 bits per heavy atom. The fourth-order valence-corrected chi connectivity index (χ4v) is 7.08. The molecule has 0 saturated heterocycles. The molecule has 1 aromatic heterocycles. The van der Waals surface area contributed by atoms with Gasteiger partial charge in [0.25, 0.3) is 0 Å². The zero-order valence-electron chi connectivity index (χ0n) is 23.2. The Kier molecular flexibility index (Phi) is 4.88. The van der Waals surface area contributed by atoms with E-state index in [2.05, 4.69) is 156 Å². The first-order valence-corrected chi connectivity index (χ1v) is 14.5. The molecule has 2 heterocycles. The molecule has 1 aliphatic heterocycles. The van der Waals surface area contributed by atoms with E-state index in [1.54, 1.807) is 0 Å². The number of hydrogen-bond donors (Lipinski definition) is 0. The number of nitrogens with zero attached hydrogens (tertiary/aromatic N) is 3. The highest BCUT2D eigenvalue weighted by Gasteiger charge is 2.31. The van der Waals surface area contributed by atoms with Gasteiger partial charge in [0.2, 0.25) is 5.96 Å². The zero-order valence-corrected chi connectivity index (χ0v) is 23.2. The average molecular weight is 538 g/mol. The summed E-state index contributed by atoms with van der Waals surface area (Å²) in [7, 11) is 2.19. The maximum atomic E-state index is 5.37. The molecule has 0 aliphatic carbocycles. The van der Waals surface area contributed by atoms with Crippen LogP contribution >= 0.6 is 0 Å². The summed E-state index contributed by atoms with van der Waals surface area (Å²) in [6.45, 7) is 0. The molecule has 0 bridgehead atoms. The van der Waals surface area contributed by atoms with Crippen LogP contribution in [0.3, 0.4) is 0 Å². The second-order valence-corrected chi connectivity index (χ2v) is 11.3. The Hall–Kier alpha value is -5.41. The van der Waals surface area contributed by atoms with E-state index in [1.807, 2.05) is 0 Å². The Morgan fingerprint density at radius 2 is 1.07 bits per heavy atom. The van der Waals surface area contributed by atoms with E-state index in [4.69, 9.17) is 4.99 Å². The minimum atomic E-state index is 0.0201. The fraction of sp³-hybridized carbons (Fsp3) is 0.0513. The van der Waals surface area contributed by atoms with Crippen LogP contribution in [0.25, 0.3) is 54.1 Å². The van der Waals surface area contributed by atoms with Gasteiger partial charge >= 0.3 is 0 Å². The van der Waals surface area contributed by atoms with Crippen molar-refractivity contribution in [3.05, 3.63) is 151 Å². The molecule has 0 amide bonds. The Bertz CT molecular complexity index is 2300. The van der Waals surface area contributed by atoms with Gasteiger partial charge in [-0.25, -0.2) is 4.99 Å². The third-order valence-corrected chi connectivity index (χ3v) is 8.99. The van der Waals surface area contributed by atoms with Crippen molar-refractivity contribution in [1.29, 1.82) is 0 Å². The van der Waals surface area contributed by atoms with Crippen LogP contribution in [0.2, 0.25) is 0 Å². The van der Waals surface area contributed by atoms with Crippen molar-refractivity contribution in [2.75, 3.05) is 7.05 Å². The molecule has 0 N–H and O–H groups in total. The molecule has 0 fully saturated rings. The van der Waals surface area contributed by atoms with Crippen molar-refractivity contribution < 1.29 is 0 Å². The van der Waals surface area contributed by atoms with Crippen LogP contribution in [0.5, 0.6) is 0 Å². The van der Waals surface area contributed by atoms with E-state index < -0.39 is 0 Å². The van der Waals surface area contributed by atoms with E-state index in [0.29, 0.717) is 0 Å². The maximum absolute atomic E-state index is 5.37. The molecular weight excluding hydrogens is 510 g/mol. The summed E-state index contributed by atoms with van der Waals surface area (Å²) in [6.07, 6.45) is 0. The van der Waals surface area contributed by atoms with Gasteiger partial charge in [-0.2, -0.15) is 0 Å². The molecule has 0 saturated carbocycles. The second-order valence-electron chi connectivity index (χ2n) is 11.3. The Labute approximate surface area is 243 Å². The monoisotopic (exact) mass is 537 g/mol. The first kappa shape index (κ1) is 23.3. The number of aliphatic imine (C=N–C) groups is 1. The predicted molar refractivity (Wildman–Crippen MR) is 177 cm³/mol. The smallest absolute Gasteiger partial charge is 0.211 e. The van der Waals surface area contributed by atoms with Gasteiger partial charge in [-0.1, -0.05) is 115 Å². The minimum absolute atomic E-state index is 0.0201. The Balaban J connectivity index is 1.38. The van der Waals surface area contributed by atoms with Gasteiger partial charge in [-0.15, -0.1) is 0 Å². The molecule has 1 unspecified atom stereocenters. The van der Waals surface area contributed by atoms with Gasteiger partial charge < -0.3 is 4.90 Å². The molecule has 8 aromatic rings. The molecule has 0 spiro atoms. The van der Waals surface area contributed by atoms with E-state index >= 15 is 0 Å². The van der Waals surface area contributed by atoms with Crippen LogP contribution in [0.4, 0.5) is 5.69 Å². The number of para-hydroxylation sites is 1. The standard InChI is InChI=1S/C39H27N3/c1-41-38(29-19-18-25-10-2-3-13-28(25)24-29)32-16-8-9-17-33(32)40-39(41)42-34-22-20-26-11-4-6-14-30(26)36(34)37-31-15-7-5-12-27(31)21-23-35(37)42/h2-24,38H,1H3. The molecule has 9 rings (SSSR count). The van der Waals surface area contributed by atoms with Crippen molar-refractivity contribution in [3.8, 4) is 0 Å². The van der Waals surface area contributed by atoms with Crippen molar-refractivity contribution in [2.45, 2.75) is 6.04 Å². The summed E-state index contributed by atoms with van der Waals surface area (Å²) in [5, 5.41) is 10.1. The molecule has 7 aromatic carbocycles. The highest BCUT2D eigenvalue weighted by molar-refractivity contribution is 6.30. The summed E-state index contributed by atoms with van der Waals surface area (Å²) < 4.78 is 2.38. The lowest BCUT2D eigenvalue weighted by atomic mass is 9.93. The van der Waals surface area contributed by atoms with Crippen LogP contribution in [0, 0.1) is 0 Å². The summed E-state index contributed by atoms with van der Waals surface area (Å²) in [6, 6.07) is 50.5. The predicted octanol–water partition coefficient (Wildman–Crippen LogP) is 9.82. The highest BCUT2D eigenvalue weighted by Crippen LogP contribution is 2.43. The van der Waals surface area contributed by atoms with Gasteiger partial charge in [0.15, 0.2) is 0 Å². The van der Waals surface area contributed by atoms with Gasteiger partial charge in [0.1, 0.15) is 0 Å². The number of hydrogen-bond acceptors (Lipinski definition) is 2. The number of benzene rings is 7. The van der Waals surface area contributed by atoms with Gasteiger partial charge in [0.05, 0.1) is 22.8 Å². The van der Waals surface area contributed by atoms with Crippen molar-refractivity contribution in [2.24, 2.45) is 4.99 Å². The van der Waals surface area contributed by atoms with E-state index in [9.17, 15) is 0 Å². The molecule has 198 valence electrons. The van der Waals surface area contributed by atoms with Gasteiger partial charge in [0, 0.05) is 23.4 Å². The first-order valence-electron chi connectivity index (χ1n) is 14.5. The third-order valence-electron chi connectivity index (χ3n) is 8.99. The minimum Gasteiger partial charge on any atom is -0.334 e. The van der Waals surface area contributed by atoms with E-state index in [1.165, 1.54) is 65.3 Å². The van der Waals surface area contributed by atoms with Crippen LogP contribution < -0.4 is 0 Å². The molecule has 42 heavy (non-hydrogen) atoms. The van der Waals surface area contributed by atoms with Crippen molar-refractivity contribution in [3.63, 3.8) is 0 Å². The normalized spacial score (nSPS) is 15.1. The molecule has 0 radical (unpaired) electrons. The first-order chi connectivity index (χ1) is 20.8. The lowest BCUT2D eigenvalue weighted by Gasteiger charge is -2.36. The maximum Gasteiger partial charge on any atom is 0.211 e. The largest absolute Gasteiger partial charge is 0.334 e. The SMILES string of the molecule is CN1C(n2c3ccc4ccccc4c3c3c4ccccc4ccc32)=Nc2ccccc2C1c1ccc2ccccc2c1.